The molecule has 41 heavy (non-hydrogen) atoms. The SMILES string of the molecule is CCOC(=O)[NH2+]C1=C(C(N)=NC(=O)c2ccc([N+](=O)[O-])cc2)CN(C(=O)N[C@H](CN(C)C)C2CCOCC2)C1(C)C. The number of nitrogens with one attached hydrogen (secondary N) is 1. The summed E-state index contributed by atoms with van der Waals surface area (Å²) in [5.41, 5.74) is 5.99. The smallest absolute Gasteiger partial charge is 0.420 e. The molecule has 1 fully saturated rings. The monoisotopic (exact) mass is 574 g/mol. The van der Waals surface area contributed by atoms with Crippen LogP contribution in [0, 0.1) is 16.0 Å². The number of hydrogen-bond acceptors (Lipinski definition) is 8. The highest BCUT2D eigenvalue weighted by atomic mass is 16.6. The molecule has 4 amide bonds. The van der Waals surface area contributed by atoms with E-state index in [1.807, 2.05) is 19.0 Å². The minimum Gasteiger partial charge on any atom is -0.420 e. The number of aliphatic imine (C=N–C) groups is 1. The Morgan fingerprint density at radius 1 is 1.27 bits per heavy atom. The van der Waals surface area contributed by atoms with Crippen molar-refractivity contribution >= 4 is 29.6 Å². The van der Waals surface area contributed by atoms with Crippen molar-refractivity contribution in [1.82, 2.24) is 15.1 Å². The Hall–Kier alpha value is -3.88. The molecule has 1 saturated heterocycles. The lowest BCUT2D eigenvalue weighted by atomic mass is 9.91. The van der Waals surface area contributed by atoms with Gasteiger partial charge in [-0.1, -0.05) is 0 Å². The Morgan fingerprint density at radius 2 is 1.90 bits per heavy atom. The molecule has 0 radical (unpaired) electrons. The van der Waals surface area contributed by atoms with Gasteiger partial charge in [0.15, 0.2) is 5.70 Å². The highest BCUT2D eigenvalue weighted by molar-refractivity contribution is 6.09. The molecule has 1 atom stereocenters. The van der Waals surface area contributed by atoms with Gasteiger partial charge in [-0.3, -0.25) is 14.9 Å². The van der Waals surface area contributed by atoms with Gasteiger partial charge in [0.1, 0.15) is 11.4 Å². The van der Waals surface area contributed by atoms with E-state index >= 15 is 0 Å². The molecule has 14 heteroatoms. The molecule has 14 nitrogen and oxygen atoms in total. The molecule has 2 aliphatic rings. The summed E-state index contributed by atoms with van der Waals surface area (Å²) in [5.74, 6) is -0.641. The third-order valence-electron chi connectivity index (χ3n) is 7.33. The Balaban J connectivity index is 1.90. The minimum atomic E-state index is -0.999. The third kappa shape index (κ3) is 7.86. The second-order valence-corrected chi connectivity index (χ2v) is 10.8. The number of urea groups is 1. The highest BCUT2D eigenvalue weighted by Gasteiger charge is 2.48. The number of nitrogens with two attached hydrogens (primary N) is 2. The van der Waals surface area contributed by atoms with Gasteiger partial charge in [0.25, 0.3) is 11.6 Å². The van der Waals surface area contributed by atoms with Crippen LogP contribution < -0.4 is 16.4 Å². The number of nitrogens with zero attached hydrogens (tertiary/aromatic N) is 4. The number of amidine groups is 1. The second kappa shape index (κ2) is 13.7. The maximum Gasteiger partial charge on any atom is 0.517 e. The van der Waals surface area contributed by atoms with E-state index in [-0.39, 0.29) is 48.2 Å². The predicted molar refractivity (Wildman–Crippen MR) is 150 cm³/mol. The number of hydrogen-bond donors (Lipinski definition) is 3. The lowest BCUT2D eigenvalue weighted by Gasteiger charge is -2.37. The van der Waals surface area contributed by atoms with Crippen molar-refractivity contribution < 1.29 is 34.1 Å². The van der Waals surface area contributed by atoms with E-state index in [0.717, 1.165) is 12.8 Å². The molecular weight excluding hydrogens is 534 g/mol. The van der Waals surface area contributed by atoms with Crippen molar-refractivity contribution in [3.05, 3.63) is 51.2 Å². The van der Waals surface area contributed by atoms with Crippen LogP contribution >= 0.6 is 0 Å². The van der Waals surface area contributed by atoms with E-state index in [0.29, 0.717) is 31.0 Å². The molecule has 0 aromatic heterocycles. The molecular formula is C27H40N7O7+. The minimum absolute atomic E-state index is 0.00456. The Bertz CT molecular complexity index is 1200. The van der Waals surface area contributed by atoms with Crippen LogP contribution in [0.1, 0.15) is 44.0 Å². The number of carbonyl (C=O) groups is 3. The molecule has 0 aliphatic carbocycles. The molecule has 0 saturated carbocycles. The van der Waals surface area contributed by atoms with E-state index < -0.39 is 22.5 Å². The van der Waals surface area contributed by atoms with E-state index in [1.165, 1.54) is 29.6 Å². The van der Waals surface area contributed by atoms with Crippen LogP contribution in [-0.2, 0) is 9.47 Å². The molecule has 2 heterocycles. The summed E-state index contributed by atoms with van der Waals surface area (Å²) in [7, 11) is 3.90. The summed E-state index contributed by atoms with van der Waals surface area (Å²) < 4.78 is 10.6. The Kier molecular flexibility index (Phi) is 10.5. The van der Waals surface area contributed by atoms with Crippen LogP contribution in [0.4, 0.5) is 15.3 Å². The number of quaternary nitrogens is 1. The summed E-state index contributed by atoms with van der Waals surface area (Å²) in [4.78, 5) is 57.1. The van der Waals surface area contributed by atoms with Crippen molar-refractivity contribution in [3.63, 3.8) is 0 Å². The van der Waals surface area contributed by atoms with Crippen molar-refractivity contribution in [1.29, 1.82) is 0 Å². The van der Waals surface area contributed by atoms with Crippen molar-refractivity contribution in [2.24, 2.45) is 16.6 Å². The first-order chi connectivity index (χ1) is 19.3. The zero-order valence-electron chi connectivity index (χ0n) is 24.2. The topological polar surface area (TPSA) is 186 Å². The number of amides is 4. The van der Waals surface area contributed by atoms with E-state index in [1.54, 1.807) is 25.7 Å². The standard InChI is InChI=1S/C27H39N7O7/c1-6-41-26(37)30-22-20(23(28)31-24(35)18-7-9-19(10-8-18)34(38)39)15-33(27(22,2)3)25(36)29-21(16-32(4)5)17-11-13-40-14-12-17/h7-10,17,21H,6,11-16H2,1-5H3,(H,29,36)(H,30,37)(H2,28,31,35)/p+1/t21-/m1/s1. The molecule has 224 valence electrons. The summed E-state index contributed by atoms with van der Waals surface area (Å²) in [6.07, 6.45) is 1.05. The molecule has 1 aromatic rings. The van der Waals surface area contributed by atoms with Gasteiger partial charge in [0, 0.05) is 43.5 Å². The second-order valence-electron chi connectivity index (χ2n) is 10.8. The Labute approximate surface area is 239 Å². The Morgan fingerprint density at radius 3 is 2.46 bits per heavy atom. The number of carbonyl (C=O) groups excluding carboxylic acids is 3. The summed E-state index contributed by atoms with van der Waals surface area (Å²) in [6, 6.07) is 4.51. The van der Waals surface area contributed by atoms with Crippen LogP contribution in [0.25, 0.3) is 0 Å². The quantitative estimate of drug-likeness (QED) is 0.169. The normalized spacial score (nSPS) is 18.4. The fraction of sp³-hybridized carbons (Fsp3) is 0.556. The largest absolute Gasteiger partial charge is 0.517 e. The van der Waals surface area contributed by atoms with Crippen LogP contribution in [-0.4, -0.2) is 97.2 Å². The van der Waals surface area contributed by atoms with Gasteiger partial charge in [0.2, 0.25) is 0 Å². The van der Waals surface area contributed by atoms with Gasteiger partial charge < -0.3 is 30.3 Å². The van der Waals surface area contributed by atoms with Crippen LogP contribution in [0.3, 0.4) is 0 Å². The third-order valence-corrected chi connectivity index (χ3v) is 7.33. The maximum atomic E-state index is 13.8. The average Bonchev–Trinajstić information content (AvgIpc) is 3.18. The number of non-ortho nitro benzene ring substituents is 1. The number of benzene rings is 1. The van der Waals surface area contributed by atoms with Crippen LogP contribution in [0.2, 0.25) is 0 Å². The first-order valence-electron chi connectivity index (χ1n) is 13.5. The predicted octanol–water partition coefficient (Wildman–Crippen LogP) is 1.23. The van der Waals surface area contributed by atoms with Gasteiger partial charge in [0.05, 0.1) is 23.6 Å². The molecule has 0 unspecified atom stereocenters. The number of likely N-dealkylation sites (N-methyl/N-ethyl adjacent to an activating group) is 1. The molecule has 0 bridgehead atoms. The van der Waals surface area contributed by atoms with Gasteiger partial charge in [-0.25, -0.2) is 10.1 Å². The van der Waals surface area contributed by atoms with Gasteiger partial charge in [-0.2, -0.15) is 9.79 Å². The van der Waals surface area contributed by atoms with Crippen LogP contribution in [0.15, 0.2) is 40.5 Å². The zero-order valence-corrected chi connectivity index (χ0v) is 24.2. The first kappa shape index (κ1) is 31.6. The molecule has 0 spiro atoms. The number of primary amides is 1. The van der Waals surface area contributed by atoms with Crippen molar-refractivity contribution in [3.8, 4) is 0 Å². The van der Waals surface area contributed by atoms with Gasteiger partial charge in [-0.15, -0.1) is 0 Å². The average molecular weight is 575 g/mol. The lowest BCUT2D eigenvalue weighted by Crippen LogP contribution is -2.89. The lowest BCUT2D eigenvalue weighted by molar-refractivity contribution is -0.528. The molecule has 1 aromatic carbocycles. The molecule has 3 rings (SSSR count). The fourth-order valence-corrected chi connectivity index (χ4v) is 5.09. The van der Waals surface area contributed by atoms with E-state index in [2.05, 4.69) is 10.3 Å². The zero-order chi connectivity index (χ0) is 30.3. The summed E-state index contributed by atoms with van der Waals surface area (Å²) >= 11 is 0. The summed E-state index contributed by atoms with van der Waals surface area (Å²) in [5, 5.41) is 15.4. The number of rotatable bonds is 9. The maximum absolute atomic E-state index is 13.8. The number of nitro groups is 1. The van der Waals surface area contributed by atoms with Gasteiger partial charge >= 0.3 is 12.1 Å². The summed E-state index contributed by atoms with van der Waals surface area (Å²) in [6.45, 7) is 7.31. The van der Waals surface area contributed by atoms with E-state index in [4.69, 9.17) is 15.2 Å². The van der Waals surface area contributed by atoms with Gasteiger partial charge in [-0.05, 0) is 65.8 Å². The number of nitro benzene ring substituents is 1. The van der Waals surface area contributed by atoms with Crippen LogP contribution in [0.5, 0.6) is 0 Å². The van der Waals surface area contributed by atoms with Crippen molar-refractivity contribution in [2.45, 2.75) is 45.2 Å². The highest BCUT2D eigenvalue weighted by Crippen LogP contribution is 2.31. The first-order valence-corrected chi connectivity index (χ1v) is 13.5. The van der Waals surface area contributed by atoms with Crippen molar-refractivity contribution in [2.75, 3.05) is 47.0 Å². The molecule has 2 aliphatic heterocycles. The van der Waals surface area contributed by atoms with E-state index in [9.17, 15) is 24.5 Å². The fourth-order valence-electron chi connectivity index (χ4n) is 5.09. The number of ether oxygens (including phenoxy) is 2. The molecule has 5 N–H and O–H groups in total.